The van der Waals surface area contributed by atoms with Crippen molar-refractivity contribution in [2.45, 2.75) is 97.1 Å². The Labute approximate surface area is 231 Å². The van der Waals surface area contributed by atoms with Gasteiger partial charge in [0.25, 0.3) is 0 Å². The smallest absolute Gasteiger partial charge is 0.323 e. The number of aliphatic hydroxyl groups is 1. The standard InChI is InChI=1S/C30H43NO8/c1-19-8-7-9-20(2)14-15-38-28-24(36-5)16-21-17-31(18-22(21)27(28)33)23(11-13-26(32)37-6)29(34)39-25(12-10-19)30(3,4)35/h8,14,16,23,25,33,35H,7,9-13,15,17-18H2,1-6H3/b19-8+,20-14+. The van der Waals surface area contributed by atoms with Crippen LogP contribution in [0.25, 0.3) is 0 Å². The Kier molecular flexibility index (Phi) is 10.4. The zero-order valence-corrected chi connectivity index (χ0v) is 24.0. The first-order chi connectivity index (χ1) is 18.4. The number of hydrogen-bond acceptors (Lipinski definition) is 9. The summed E-state index contributed by atoms with van der Waals surface area (Å²) in [6.07, 6.45) is 6.45. The molecule has 0 aliphatic carbocycles. The Morgan fingerprint density at radius 3 is 2.54 bits per heavy atom. The summed E-state index contributed by atoms with van der Waals surface area (Å²) in [5.41, 5.74) is 2.50. The minimum atomic E-state index is -1.26. The van der Waals surface area contributed by atoms with Crippen LogP contribution in [0.3, 0.4) is 0 Å². The highest BCUT2D eigenvalue weighted by Gasteiger charge is 2.38. The lowest BCUT2D eigenvalue weighted by molar-refractivity contribution is -0.169. The molecule has 2 aliphatic heterocycles. The Morgan fingerprint density at radius 2 is 1.87 bits per heavy atom. The molecule has 0 saturated heterocycles. The summed E-state index contributed by atoms with van der Waals surface area (Å²) < 4.78 is 22.2. The van der Waals surface area contributed by atoms with Crippen molar-refractivity contribution < 1.29 is 38.7 Å². The van der Waals surface area contributed by atoms with E-state index in [0.717, 1.165) is 24.0 Å². The molecule has 1 aromatic carbocycles. The maximum atomic E-state index is 13.6. The number of cyclic esters (lactones) is 1. The van der Waals surface area contributed by atoms with Gasteiger partial charge in [0.05, 0.1) is 19.8 Å². The van der Waals surface area contributed by atoms with Crippen molar-refractivity contribution in [2.75, 3.05) is 20.8 Å². The molecule has 9 nitrogen and oxygen atoms in total. The number of carbonyl (C=O) groups is 2. The summed E-state index contributed by atoms with van der Waals surface area (Å²) in [7, 11) is 2.82. The summed E-state index contributed by atoms with van der Waals surface area (Å²) in [6, 6.07) is 1.02. The van der Waals surface area contributed by atoms with Crippen molar-refractivity contribution in [3.05, 3.63) is 40.5 Å². The van der Waals surface area contributed by atoms with Crippen LogP contribution in [0.4, 0.5) is 0 Å². The molecule has 2 N–H and O–H groups in total. The molecule has 0 saturated carbocycles. The molecule has 3 rings (SSSR count). The van der Waals surface area contributed by atoms with Crippen LogP contribution in [0, 0.1) is 0 Å². The number of rotatable bonds is 5. The minimum absolute atomic E-state index is 0.0213. The zero-order valence-electron chi connectivity index (χ0n) is 24.0. The van der Waals surface area contributed by atoms with Crippen molar-refractivity contribution in [3.63, 3.8) is 0 Å². The Balaban J connectivity index is 2.00. The van der Waals surface area contributed by atoms with E-state index in [4.69, 9.17) is 18.9 Å². The van der Waals surface area contributed by atoms with Gasteiger partial charge < -0.3 is 29.2 Å². The fourth-order valence-electron chi connectivity index (χ4n) is 4.98. The van der Waals surface area contributed by atoms with Crippen LogP contribution in [0.5, 0.6) is 17.2 Å². The molecule has 0 spiro atoms. The SMILES string of the molecule is COC(=O)CCC1C(=O)OC(C(C)(C)O)CC/C(C)=C/CC/C(C)=C/COc2c(OC)cc3c(c2O)CN1C3. The first kappa shape index (κ1) is 30.5. The maximum absolute atomic E-state index is 13.6. The predicted molar refractivity (Wildman–Crippen MR) is 147 cm³/mol. The zero-order chi connectivity index (χ0) is 28.7. The average molecular weight is 546 g/mol. The Hall–Kier alpha value is -3.04. The van der Waals surface area contributed by atoms with Crippen LogP contribution in [-0.2, 0) is 32.2 Å². The molecule has 0 radical (unpaired) electrons. The number of benzene rings is 1. The predicted octanol–water partition coefficient (Wildman–Crippen LogP) is 4.57. The van der Waals surface area contributed by atoms with E-state index in [2.05, 4.69) is 6.08 Å². The summed E-state index contributed by atoms with van der Waals surface area (Å²) in [4.78, 5) is 27.5. The topological polar surface area (TPSA) is 115 Å². The number of hydrogen-bond donors (Lipinski definition) is 2. The quantitative estimate of drug-likeness (QED) is 0.406. The van der Waals surface area contributed by atoms with Crippen LogP contribution in [0.1, 0.15) is 77.3 Å². The number of esters is 2. The van der Waals surface area contributed by atoms with E-state index >= 15 is 0 Å². The van der Waals surface area contributed by atoms with Crippen LogP contribution in [0.15, 0.2) is 29.4 Å². The van der Waals surface area contributed by atoms with Gasteiger partial charge in [-0.2, -0.15) is 0 Å². The number of phenols is 1. The highest BCUT2D eigenvalue weighted by Crippen LogP contribution is 2.45. The number of ether oxygens (including phenoxy) is 4. The van der Waals surface area contributed by atoms with Crippen molar-refractivity contribution in [2.24, 2.45) is 0 Å². The normalized spacial score (nSPS) is 25.6. The molecule has 3 bridgehead atoms. The van der Waals surface area contributed by atoms with Crippen LogP contribution >= 0.6 is 0 Å². The number of methoxy groups -OCH3 is 2. The number of phenolic OH excluding ortho intramolecular Hbond substituents is 1. The van der Waals surface area contributed by atoms with E-state index < -0.39 is 29.7 Å². The van der Waals surface area contributed by atoms with Gasteiger partial charge in [0.2, 0.25) is 5.75 Å². The van der Waals surface area contributed by atoms with Gasteiger partial charge in [-0.05, 0) is 77.5 Å². The highest BCUT2D eigenvalue weighted by molar-refractivity contribution is 5.78. The third-order valence-electron chi connectivity index (χ3n) is 7.47. The third-order valence-corrected chi connectivity index (χ3v) is 7.47. The van der Waals surface area contributed by atoms with Gasteiger partial charge in [0, 0.05) is 25.1 Å². The monoisotopic (exact) mass is 545 g/mol. The molecular weight excluding hydrogens is 502 g/mol. The van der Waals surface area contributed by atoms with E-state index in [1.54, 1.807) is 13.8 Å². The Morgan fingerprint density at radius 1 is 1.15 bits per heavy atom. The average Bonchev–Trinajstić information content (AvgIpc) is 3.30. The van der Waals surface area contributed by atoms with Gasteiger partial charge in [-0.3, -0.25) is 14.5 Å². The number of aromatic hydroxyl groups is 1. The van der Waals surface area contributed by atoms with Gasteiger partial charge in [0.1, 0.15) is 18.8 Å². The van der Waals surface area contributed by atoms with Crippen LogP contribution < -0.4 is 9.47 Å². The number of allylic oxidation sites excluding steroid dienone is 3. The first-order valence-corrected chi connectivity index (χ1v) is 13.5. The fraction of sp³-hybridized carbons (Fsp3) is 0.600. The fourth-order valence-corrected chi connectivity index (χ4v) is 4.98. The molecule has 1 aromatic rings. The summed E-state index contributed by atoms with van der Waals surface area (Å²) >= 11 is 0. The van der Waals surface area contributed by atoms with Crippen molar-refractivity contribution in [1.82, 2.24) is 4.90 Å². The largest absolute Gasteiger partial charge is 0.504 e. The molecule has 3 atom stereocenters. The van der Waals surface area contributed by atoms with E-state index in [-0.39, 0.29) is 37.5 Å². The molecule has 0 aromatic heterocycles. The summed E-state index contributed by atoms with van der Waals surface area (Å²) in [5, 5.41) is 22.0. The number of carbonyl (C=O) groups excluding carboxylic acids is 2. The van der Waals surface area contributed by atoms with Crippen molar-refractivity contribution >= 4 is 11.9 Å². The highest BCUT2D eigenvalue weighted by atomic mass is 16.6. The van der Waals surface area contributed by atoms with E-state index in [9.17, 15) is 19.8 Å². The van der Waals surface area contributed by atoms with E-state index in [1.165, 1.54) is 19.8 Å². The lowest BCUT2D eigenvalue weighted by atomic mass is 9.95. The molecular formula is C30H43NO8. The summed E-state index contributed by atoms with van der Waals surface area (Å²) in [6.45, 7) is 8.23. The lowest BCUT2D eigenvalue weighted by Crippen LogP contribution is -2.46. The van der Waals surface area contributed by atoms with Crippen LogP contribution in [-0.4, -0.2) is 65.6 Å². The second-order valence-electron chi connectivity index (χ2n) is 11.0. The van der Waals surface area contributed by atoms with Gasteiger partial charge in [0.15, 0.2) is 11.5 Å². The Bertz CT molecular complexity index is 1100. The van der Waals surface area contributed by atoms with E-state index in [1.807, 2.05) is 30.9 Å². The molecule has 3 unspecified atom stereocenters. The van der Waals surface area contributed by atoms with Gasteiger partial charge in [-0.15, -0.1) is 0 Å². The molecule has 0 amide bonds. The second-order valence-corrected chi connectivity index (χ2v) is 11.0. The number of nitrogens with zero attached hydrogens (tertiary/aromatic N) is 1. The molecule has 2 aliphatic rings. The molecule has 9 heteroatoms. The third kappa shape index (κ3) is 7.99. The molecule has 39 heavy (non-hydrogen) atoms. The lowest BCUT2D eigenvalue weighted by Gasteiger charge is -2.33. The van der Waals surface area contributed by atoms with Crippen molar-refractivity contribution in [3.8, 4) is 17.2 Å². The minimum Gasteiger partial charge on any atom is -0.504 e. The van der Waals surface area contributed by atoms with E-state index in [0.29, 0.717) is 30.7 Å². The second kappa shape index (κ2) is 13.3. The maximum Gasteiger partial charge on any atom is 0.323 e. The van der Waals surface area contributed by atoms with Gasteiger partial charge in [-0.1, -0.05) is 17.2 Å². The molecule has 0 fully saturated rings. The van der Waals surface area contributed by atoms with Gasteiger partial charge in [-0.25, -0.2) is 0 Å². The molecule has 2 heterocycles. The summed E-state index contributed by atoms with van der Waals surface area (Å²) in [5.74, 6) is -0.321. The number of fused-ring (bicyclic) bond motifs is 2. The van der Waals surface area contributed by atoms with Crippen molar-refractivity contribution in [1.29, 1.82) is 0 Å². The van der Waals surface area contributed by atoms with Crippen LogP contribution in [0.2, 0.25) is 0 Å². The first-order valence-electron chi connectivity index (χ1n) is 13.5. The van der Waals surface area contributed by atoms with Gasteiger partial charge >= 0.3 is 11.9 Å². The molecule has 216 valence electrons.